The molecular formula is C13H23NO3. The molecule has 3 unspecified atom stereocenters. The van der Waals surface area contributed by atoms with Crippen molar-refractivity contribution in [3.05, 3.63) is 0 Å². The van der Waals surface area contributed by atoms with Crippen LogP contribution in [0.3, 0.4) is 0 Å². The molecule has 1 saturated carbocycles. The van der Waals surface area contributed by atoms with Crippen LogP contribution >= 0.6 is 0 Å². The zero-order chi connectivity index (χ0) is 12.6. The van der Waals surface area contributed by atoms with Crippen molar-refractivity contribution in [2.75, 3.05) is 26.7 Å². The third-order valence-electron chi connectivity index (χ3n) is 4.25. The molecule has 98 valence electrons. The molecule has 17 heavy (non-hydrogen) atoms. The molecule has 0 radical (unpaired) electrons. The van der Waals surface area contributed by atoms with Crippen molar-refractivity contribution in [2.24, 2.45) is 17.3 Å². The van der Waals surface area contributed by atoms with Gasteiger partial charge in [0.15, 0.2) is 0 Å². The molecule has 0 aromatic carbocycles. The lowest BCUT2D eigenvalue weighted by molar-refractivity contribution is -0.151. The molecule has 0 aromatic heterocycles. The van der Waals surface area contributed by atoms with Crippen molar-refractivity contribution in [3.63, 3.8) is 0 Å². The molecule has 2 fully saturated rings. The molecule has 1 N–H and O–H groups in total. The first-order valence-electron chi connectivity index (χ1n) is 6.43. The van der Waals surface area contributed by atoms with E-state index in [2.05, 4.69) is 4.90 Å². The second kappa shape index (κ2) is 4.58. The van der Waals surface area contributed by atoms with E-state index in [1.54, 1.807) is 0 Å². The molecule has 1 aliphatic heterocycles. The zero-order valence-corrected chi connectivity index (χ0v) is 11.0. The molecule has 4 nitrogen and oxygen atoms in total. The SMILES string of the molecule is COC(=O)C(C)(C)CN1CC2CCC(O)C2C1. The van der Waals surface area contributed by atoms with E-state index in [0.717, 1.165) is 32.5 Å². The average Bonchev–Trinajstić information content (AvgIpc) is 2.79. The van der Waals surface area contributed by atoms with Gasteiger partial charge in [-0.1, -0.05) is 0 Å². The maximum atomic E-state index is 11.6. The number of esters is 1. The number of likely N-dealkylation sites (tertiary alicyclic amines) is 1. The summed E-state index contributed by atoms with van der Waals surface area (Å²) in [6.07, 6.45) is 1.94. The summed E-state index contributed by atoms with van der Waals surface area (Å²) in [5, 5.41) is 9.85. The highest BCUT2D eigenvalue weighted by molar-refractivity contribution is 5.76. The van der Waals surface area contributed by atoms with E-state index in [1.807, 2.05) is 13.8 Å². The van der Waals surface area contributed by atoms with Crippen molar-refractivity contribution in [1.82, 2.24) is 4.90 Å². The van der Waals surface area contributed by atoms with Gasteiger partial charge >= 0.3 is 5.97 Å². The van der Waals surface area contributed by atoms with Crippen molar-refractivity contribution >= 4 is 5.97 Å². The van der Waals surface area contributed by atoms with E-state index in [4.69, 9.17) is 4.74 Å². The second-order valence-corrected chi connectivity index (χ2v) is 6.14. The van der Waals surface area contributed by atoms with Gasteiger partial charge in [0.05, 0.1) is 18.6 Å². The van der Waals surface area contributed by atoms with Crippen LogP contribution in [-0.2, 0) is 9.53 Å². The highest BCUT2D eigenvalue weighted by Crippen LogP contribution is 2.39. The lowest BCUT2D eigenvalue weighted by atomic mass is 9.93. The van der Waals surface area contributed by atoms with E-state index < -0.39 is 5.41 Å². The van der Waals surface area contributed by atoms with E-state index in [1.165, 1.54) is 7.11 Å². The highest BCUT2D eigenvalue weighted by Gasteiger charge is 2.43. The molecule has 1 saturated heterocycles. The van der Waals surface area contributed by atoms with Crippen LogP contribution in [0.1, 0.15) is 26.7 Å². The van der Waals surface area contributed by atoms with Crippen molar-refractivity contribution in [3.8, 4) is 0 Å². The van der Waals surface area contributed by atoms with Crippen LogP contribution in [-0.4, -0.2) is 48.8 Å². The molecule has 1 aliphatic carbocycles. The maximum absolute atomic E-state index is 11.6. The Morgan fingerprint density at radius 3 is 2.71 bits per heavy atom. The third kappa shape index (κ3) is 2.47. The van der Waals surface area contributed by atoms with Crippen molar-refractivity contribution in [1.29, 1.82) is 0 Å². The monoisotopic (exact) mass is 241 g/mol. The number of aliphatic hydroxyl groups is 1. The van der Waals surface area contributed by atoms with E-state index in [9.17, 15) is 9.90 Å². The van der Waals surface area contributed by atoms with Gasteiger partial charge in [-0.05, 0) is 32.6 Å². The Kier molecular flexibility index (Phi) is 3.46. The Labute approximate surface area is 103 Å². The maximum Gasteiger partial charge on any atom is 0.312 e. The van der Waals surface area contributed by atoms with Gasteiger partial charge in [0.2, 0.25) is 0 Å². The summed E-state index contributed by atoms with van der Waals surface area (Å²) in [5.74, 6) is 0.886. The largest absolute Gasteiger partial charge is 0.469 e. The van der Waals surface area contributed by atoms with Gasteiger partial charge in [-0.3, -0.25) is 4.79 Å². The van der Waals surface area contributed by atoms with Crippen LogP contribution in [0.5, 0.6) is 0 Å². The second-order valence-electron chi connectivity index (χ2n) is 6.14. The first kappa shape index (κ1) is 12.8. The number of carbonyl (C=O) groups excluding carboxylic acids is 1. The normalized spacial score (nSPS) is 33.8. The molecule has 0 amide bonds. The van der Waals surface area contributed by atoms with Gasteiger partial charge in [0, 0.05) is 25.6 Å². The lowest BCUT2D eigenvalue weighted by Crippen LogP contribution is -2.39. The number of hydrogen-bond acceptors (Lipinski definition) is 4. The Hall–Kier alpha value is -0.610. The minimum Gasteiger partial charge on any atom is -0.469 e. The van der Waals surface area contributed by atoms with Gasteiger partial charge in [-0.25, -0.2) is 0 Å². The summed E-state index contributed by atoms with van der Waals surface area (Å²) < 4.78 is 4.83. The van der Waals surface area contributed by atoms with E-state index in [0.29, 0.717) is 11.8 Å². The fourth-order valence-corrected chi connectivity index (χ4v) is 3.36. The fraction of sp³-hybridized carbons (Fsp3) is 0.923. The molecule has 0 spiro atoms. The van der Waals surface area contributed by atoms with Crippen LogP contribution in [0, 0.1) is 17.3 Å². The molecule has 1 heterocycles. The summed E-state index contributed by atoms with van der Waals surface area (Å²) in [5.41, 5.74) is -0.460. The molecule has 2 aliphatic rings. The summed E-state index contributed by atoms with van der Waals surface area (Å²) in [7, 11) is 1.44. The molecule has 0 aromatic rings. The molecular weight excluding hydrogens is 218 g/mol. The number of methoxy groups -OCH3 is 1. The minimum absolute atomic E-state index is 0.133. The predicted molar refractivity (Wildman–Crippen MR) is 64.5 cm³/mol. The Morgan fingerprint density at radius 1 is 1.41 bits per heavy atom. The van der Waals surface area contributed by atoms with E-state index in [-0.39, 0.29) is 12.1 Å². The van der Waals surface area contributed by atoms with Crippen LogP contribution in [0.4, 0.5) is 0 Å². The molecule has 4 heteroatoms. The van der Waals surface area contributed by atoms with Gasteiger partial charge in [-0.2, -0.15) is 0 Å². The number of aliphatic hydroxyl groups excluding tert-OH is 1. The summed E-state index contributed by atoms with van der Waals surface area (Å²) in [6.45, 7) is 6.50. The Bertz CT molecular complexity index is 303. The number of nitrogens with zero attached hydrogens (tertiary/aromatic N) is 1. The number of carbonyl (C=O) groups is 1. The van der Waals surface area contributed by atoms with Crippen molar-refractivity contribution < 1.29 is 14.6 Å². The average molecular weight is 241 g/mol. The van der Waals surface area contributed by atoms with Crippen molar-refractivity contribution in [2.45, 2.75) is 32.8 Å². The molecule has 0 bridgehead atoms. The van der Waals surface area contributed by atoms with Gasteiger partial charge in [0.25, 0.3) is 0 Å². The first-order valence-corrected chi connectivity index (χ1v) is 6.43. The fourth-order valence-electron chi connectivity index (χ4n) is 3.36. The first-order chi connectivity index (χ1) is 7.94. The Morgan fingerprint density at radius 2 is 2.12 bits per heavy atom. The number of ether oxygens (including phenoxy) is 1. The van der Waals surface area contributed by atoms with Crippen LogP contribution in [0.25, 0.3) is 0 Å². The molecule has 3 atom stereocenters. The number of rotatable bonds is 3. The quantitative estimate of drug-likeness (QED) is 0.746. The summed E-state index contributed by atoms with van der Waals surface area (Å²) in [4.78, 5) is 13.9. The summed E-state index contributed by atoms with van der Waals surface area (Å²) >= 11 is 0. The lowest BCUT2D eigenvalue weighted by Gasteiger charge is -2.28. The minimum atomic E-state index is -0.460. The van der Waals surface area contributed by atoms with Gasteiger partial charge < -0.3 is 14.7 Å². The van der Waals surface area contributed by atoms with Gasteiger partial charge in [0.1, 0.15) is 0 Å². The Balaban J connectivity index is 1.92. The van der Waals surface area contributed by atoms with Crippen LogP contribution < -0.4 is 0 Å². The topological polar surface area (TPSA) is 49.8 Å². The van der Waals surface area contributed by atoms with Crippen LogP contribution in [0.2, 0.25) is 0 Å². The zero-order valence-electron chi connectivity index (χ0n) is 11.0. The highest BCUT2D eigenvalue weighted by atomic mass is 16.5. The van der Waals surface area contributed by atoms with Gasteiger partial charge in [-0.15, -0.1) is 0 Å². The molecule has 2 rings (SSSR count). The smallest absolute Gasteiger partial charge is 0.312 e. The summed E-state index contributed by atoms with van der Waals surface area (Å²) in [6, 6.07) is 0. The number of hydrogen-bond donors (Lipinski definition) is 1. The van der Waals surface area contributed by atoms with E-state index >= 15 is 0 Å². The third-order valence-corrected chi connectivity index (χ3v) is 4.25. The predicted octanol–water partition coefficient (Wildman–Crippen LogP) is 0.888. The van der Waals surface area contributed by atoms with Crippen LogP contribution in [0.15, 0.2) is 0 Å². The number of fused-ring (bicyclic) bond motifs is 1. The standard InChI is InChI=1S/C13H23NO3/c1-13(2,12(16)17-3)8-14-6-9-4-5-11(15)10(9)7-14/h9-11,15H,4-8H2,1-3H3.